The van der Waals surface area contributed by atoms with Crippen LogP contribution in [0.3, 0.4) is 0 Å². The fourth-order valence-corrected chi connectivity index (χ4v) is 12.7. The van der Waals surface area contributed by atoms with Crippen LogP contribution in [0.25, 0.3) is 0 Å². The molecule has 2 N–H and O–H groups in total. The quantitative estimate of drug-likeness (QED) is 0.205. The molecule has 0 heterocycles. The summed E-state index contributed by atoms with van der Waals surface area (Å²) in [5.74, 6) is 3.95. The van der Waals surface area contributed by atoms with E-state index in [2.05, 4.69) is 27.7 Å². The van der Waals surface area contributed by atoms with Gasteiger partial charge in [-0.3, -0.25) is 4.52 Å². The van der Waals surface area contributed by atoms with Crippen molar-refractivity contribution in [3.63, 3.8) is 0 Å². The highest BCUT2D eigenvalue weighted by molar-refractivity contribution is 7.62. The van der Waals surface area contributed by atoms with Gasteiger partial charge in [-0.1, -0.05) is 70.5 Å². The normalized spacial score (nSPS) is 40.2. The third-order valence-corrected chi connectivity index (χ3v) is 15.2. The Kier molecular flexibility index (Phi) is 9.44. The van der Waals surface area contributed by atoms with Gasteiger partial charge in [0.25, 0.3) is 0 Å². The van der Waals surface area contributed by atoms with E-state index in [1.165, 1.54) is 25.7 Å². The molecule has 12 atom stereocenters. The van der Waals surface area contributed by atoms with Crippen molar-refractivity contribution in [2.24, 2.45) is 52.3 Å². The zero-order chi connectivity index (χ0) is 31.1. The SMILES string of the molecule is CC[C@H]1[C@@H](O)[C@@H]2[C@H](CC[C@]3(C)[C@@H]([C@H](C)CCCOP(=O)(Oc4ccccc4)c4ccccc4)CC[C@@H]23)[C@@]2(C)CC[C@@H](O)C[C@@H]12. The minimum absolute atomic E-state index is 0.202. The number of rotatable bonds is 10. The molecule has 4 fully saturated rings. The van der Waals surface area contributed by atoms with Crippen LogP contribution in [0.5, 0.6) is 5.75 Å². The molecule has 4 aliphatic carbocycles. The van der Waals surface area contributed by atoms with E-state index < -0.39 is 7.60 Å². The van der Waals surface area contributed by atoms with Crippen molar-refractivity contribution in [1.82, 2.24) is 0 Å². The van der Waals surface area contributed by atoms with Gasteiger partial charge in [0.2, 0.25) is 0 Å². The van der Waals surface area contributed by atoms with Crippen LogP contribution in [0.4, 0.5) is 0 Å². The van der Waals surface area contributed by atoms with Gasteiger partial charge in [0.05, 0.1) is 24.1 Å². The largest absolute Gasteiger partial charge is 0.421 e. The summed E-state index contributed by atoms with van der Waals surface area (Å²) >= 11 is 0. The maximum Gasteiger partial charge on any atom is 0.410 e. The minimum Gasteiger partial charge on any atom is -0.421 e. The third kappa shape index (κ3) is 5.74. The van der Waals surface area contributed by atoms with Gasteiger partial charge in [-0.05, 0) is 134 Å². The smallest absolute Gasteiger partial charge is 0.410 e. The Morgan fingerprint density at radius 1 is 0.886 bits per heavy atom. The van der Waals surface area contributed by atoms with Gasteiger partial charge in [-0.15, -0.1) is 0 Å². The lowest BCUT2D eigenvalue weighted by atomic mass is 9.41. The van der Waals surface area contributed by atoms with E-state index in [1.807, 2.05) is 60.7 Å². The van der Waals surface area contributed by atoms with Crippen molar-refractivity contribution in [1.29, 1.82) is 0 Å². The standard InChI is InChI=1S/C38H55O5P/c1-5-30-34-25-27(39)20-22-38(34,4)33-21-23-37(3)31(18-19-32(37)35(33)36(30)40)26(2)13-12-24-42-44(41,29-16-10-7-11-17-29)43-28-14-8-6-9-15-28/h6-11,14-17,26-27,30-36,39-40H,5,12-13,18-25H2,1-4H3/t26-,27-,30-,31-,32+,33+,34+,35+,36-,37-,38-,44?/m1/s1. The Balaban J connectivity index is 1.11. The highest BCUT2D eigenvalue weighted by Crippen LogP contribution is 2.69. The minimum atomic E-state index is -3.51. The average Bonchev–Trinajstić information content (AvgIpc) is 3.38. The summed E-state index contributed by atoms with van der Waals surface area (Å²) in [6.07, 6.45) is 10.2. The molecule has 5 nitrogen and oxygen atoms in total. The number of aliphatic hydroxyl groups is 2. The molecule has 0 aliphatic heterocycles. The fourth-order valence-electron chi connectivity index (χ4n) is 11.1. The van der Waals surface area contributed by atoms with E-state index in [9.17, 15) is 14.8 Å². The van der Waals surface area contributed by atoms with Crippen molar-refractivity contribution >= 4 is 12.9 Å². The van der Waals surface area contributed by atoms with E-state index >= 15 is 0 Å². The van der Waals surface area contributed by atoms with Crippen molar-refractivity contribution in [2.45, 2.75) is 104 Å². The Labute approximate surface area is 265 Å². The monoisotopic (exact) mass is 622 g/mol. The van der Waals surface area contributed by atoms with Crippen LogP contribution in [0.2, 0.25) is 0 Å². The maximum atomic E-state index is 14.0. The molecule has 6 rings (SSSR count). The summed E-state index contributed by atoms with van der Waals surface area (Å²) in [4.78, 5) is 0. The van der Waals surface area contributed by atoms with Gasteiger partial charge >= 0.3 is 7.60 Å². The van der Waals surface area contributed by atoms with Gasteiger partial charge in [0.1, 0.15) is 5.75 Å². The van der Waals surface area contributed by atoms with Crippen molar-refractivity contribution in [3.8, 4) is 5.75 Å². The average molecular weight is 623 g/mol. The van der Waals surface area contributed by atoms with E-state index in [0.29, 0.717) is 59.1 Å². The first-order valence-corrected chi connectivity index (χ1v) is 19.1. The van der Waals surface area contributed by atoms with Crippen LogP contribution in [-0.4, -0.2) is 29.0 Å². The summed E-state index contributed by atoms with van der Waals surface area (Å²) < 4.78 is 26.1. The second-order valence-electron chi connectivity index (χ2n) is 15.3. The molecule has 4 saturated carbocycles. The van der Waals surface area contributed by atoms with Gasteiger partial charge in [0.15, 0.2) is 0 Å². The topological polar surface area (TPSA) is 76.0 Å². The van der Waals surface area contributed by atoms with Crippen LogP contribution in [0.15, 0.2) is 60.7 Å². The maximum absolute atomic E-state index is 14.0. The van der Waals surface area contributed by atoms with E-state index in [1.54, 1.807) is 0 Å². The molecule has 0 bridgehead atoms. The predicted molar refractivity (Wildman–Crippen MR) is 177 cm³/mol. The molecule has 4 aliphatic rings. The Hall–Kier alpha value is -1.65. The van der Waals surface area contributed by atoms with Crippen LogP contribution >= 0.6 is 7.60 Å². The van der Waals surface area contributed by atoms with Gasteiger partial charge in [-0.25, -0.2) is 4.57 Å². The number of para-hydroxylation sites is 1. The zero-order valence-corrected chi connectivity index (χ0v) is 28.2. The fraction of sp³-hybridized carbons (Fsp3) is 0.684. The Bertz CT molecular complexity index is 1290. The molecule has 0 saturated heterocycles. The van der Waals surface area contributed by atoms with Crippen molar-refractivity contribution < 1.29 is 23.8 Å². The molecule has 1 unspecified atom stereocenters. The second kappa shape index (κ2) is 12.9. The van der Waals surface area contributed by atoms with Gasteiger partial charge < -0.3 is 14.7 Å². The number of aliphatic hydroxyl groups excluding tert-OH is 2. The number of hydrogen-bond donors (Lipinski definition) is 2. The molecule has 0 amide bonds. The first-order chi connectivity index (χ1) is 21.1. The number of benzene rings is 2. The van der Waals surface area contributed by atoms with Crippen LogP contribution < -0.4 is 9.83 Å². The lowest BCUT2D eigenvalue weighted by Gasteiger charge is -2.64. The molecular formula is C38H55O5P. The van der Waals surface area contributed by atoms with Crippen molar-refractivity contribution in [3.05, 3.63) is 60.7 Å². The molecule has 0 aromatic heterocycles. The molecule has 2 aromatic carbocycles. The lowest BCUT2D eigenvalue weighted by molar-refractivity contribution is -0.203. The summed E-state index contributed by atoms with van der Waals surface area (Å²) in [5, 5.41) is 23.2. The zero-order valence-electron chi connectivity index (χ0n) is 27.3. The molecule has 2 aromatic rings. The molecule has 6 heteroatoms. The van der Waals surface area contributed by atoms with E-state index in [0.717, 1.165) is 38.5 Å². The summed E-state index contributed by atoms with van der Waals surface area (Å²) in [6.45, 7) is 10.1. The third-order valence-electron chi connectivity index (χ3n) is 13.3. The van der Waals surface area contributed by atoms with E-state index in [4.69, 9.17) is 9.05 Å². The second-order valence-corrected chi connectivity index (χ2v) is 17.3. The Morgan fingerprint density at radius 2 is 1.55 bits per heavy atom. The molecule has 0 spiro atoms. The van der Waals surface area contributed by atoms with Gasteiger partial charge in [0, 0.05) is 0 Å². The predicted octanol–water partition coefficient (Wildman–Crippen LogP) is 8.64. The number of fused-ring (bicyclic) bond motifs is 5. The first-order valence-electron chi connectivity index (χ1n) is 17.5. The molecular weight excluding hydrogens is 567 g/mol. The van der Waals surface area contributed by atoms with Crippen LogP contribution in [0.1, 0.15) is 91.9 Å². The van der Waals surface area contributed by atoms with Gasteiger partial charge in [-0.2, -0.15) is 0 Å². The lowest BCUT2D eigenvalue weighted by Crippen LogP contribution is -2.62. The Morgan fingerprint density at radius 3 is 2.25 bits per heavy atom. The summed E-state index contributed by atoms with van der Waals surface area (Å²) in [5.41, 5.74) is 0.481. The van der Waals surface area contributed by atoms with Crippen LogP contribution in [-0.2, 0) is 9.09 Å². The number of hydrogen-bond acceptors (Lipinski definition) is 5. The first kappa shape index (κ1) is 32.3. The highest BCUT2D eigenvalue weighted by Gasteiger charge is 2.64. The van der Waals surface area contributed by atoms with Crippen LogP contribution in [0, 0.1) is 52.3 Å². The molecule has 0 radical (unpaired) electrons. The molecule has 44 heavy (non-hydrogen) atoms. The summed E-state index contributed by atoms with van der Waals surface area (Å²) in [6, 6.07) is 18.6. The summed E-state index contributed by atoms with van der Waals surface area (Å²) in [7, 11) is -3.51. The molecule has 242 valence electrons. The van der Waals surface area contributed by atoms with E-state index in [-0.39, 0.29) is 23.0 Å². The van der Waals surface area contributed by atoms with Crippen molar-refractivity contribution in [2.75, 3.05) is 6.61 Å². The highest BCUT2D eigenvalue weighted by atomic mass is 31.2.